The predicted molar refractivity (Wildman–Crippen MR) is 60.5 cm³/mol. The fraction of sp³-hybridized carbons (Fsp3) is 0.778. The van der Waals surface area contributed by atoms with Gasteiger partial charge in [0.1, 0.15) is 6.54 Å². The van der Waals surface area contributed by atoms with Crippen molar-refractivity contribution in [3.8, 4) is 0 Å². The maximum atomic E-state index is 11.5. The lowest BCUT2D eigenvalue weighted by Gasteiger charge is -2.25. The standard InChI is InChI=1S/C9H16N2O5S/c1-11(5-8(12)13)9(14)10-7-3-2-4-17(15,16)6-7/h7H,2-6H2,1H3,(H,10,14)(H,12,13). The van der Waals surface area contributed by atoms with Crippen molar-refractivity contribution in [3.05, 3.63) is 0 Å². The molecule has 98 valence electrons. The number of hydrogen-bond acceptors (Lipinski definition) is 4. The van der Waals surface area contributed by atoms with Gasteiger partial charge in [-0.15, -0.1) is 0 Å². The van der Waals surface area contributed by atoms with Gasteiger partial charge in [-0.05, 0) is 12.8 Å². The number of carbonyl (C=O) groups is 2. The van der Waals surface area contributed by atoms with Gasteiger partial charge < -0.3 is 15.3 Å². The normalized spacial score (nSPS) is 22.8. The van der Waals surface area contributed by atoms with Gasteiger partial charge in [0, 0.05) is 13.1 Å². The summed E-state index contributed by atoms with van der Waals surface area (Å²) in [6, 6.07) is -0.980. The molecule has 1 aliphatic rings. The fourth-order valence-corrected chi connectivity index (χ4v) is 3.33. The third-order valence-electron chi connectivity index (χ3n) is 2.51. The highest BCUT2D eigenvalue weighted by Crippen LogP contribution is 2.12. The first-order chi connectivity index (χ1) is 7.80. The molecule has 0 saturated carbocycles. The van der Waals surface area contributed by atoms with E-state index in [1.165, 1.54) is 7.05 Å². The first-order valence-corrected chi connectivity index (χ1v) is 7.06. The van der Waals surface area contributed by atoms with Gasteiger partial charge in [-0.3, -0.25) is 4.79 Å². The average molecular weight is 264 g/mol. The Hall–Kier alpha value is -1.31. The molecular formula is C9H16N2O5S. The zero-order valence-electron chi connectivity index (χ0n) is 9.55. The third-order valence-corrected chi connectivity index (χ3v) is 4.33. The van der Waals surface area contributed by atoms with E-state index < -0.39 is 34.4 Å². The summed E-state index contributed by atoms with van der Waals surface area (Å²) in [5.41, 5.74) is 0. The first kappa shape index (κ1) is 13.8. The number of carbonyl (C=O) groups excluding carboxylic acids is 1. The Morgan fingerprint density at radius 3 is 2.65 bits per heavy atom. The number of urea groups is 1. The maximum absolute atomic E-state index is 11.5. The lowest BCUT2D eigenvalue weighted by atomic mass is 10.2. The van der Waals surface area contributed by atoms with Crippen molar-refractivity contribution >= 4 is 21.8 Å². The Kier molecular flexibility index (Phi) is 4.33. The Balaban J connectivity index is 2.48. The molecule has 0 aliphatic carbocycles. The summed E-state index contributed by atoms with van der Waals surface area (Å²) in [7, 11) is -1.73. The van der Waals surface area contributed by atoms with E-state index in [9.17, 15) is 18.0 Å². The molecule has 2 amide bonds. The smallest absolute Gasteiger partial charge is 0.323 e. The van der Waals surface area contributed by atoms with E-state index >= 15 is 0 Å². The second-order valence-electron chi connectivity index (χ2n) is 4.15. The lowest BCUT2D eigenvalue weighted by Crippen LogP contribution is -2.48. The van der Waals surface area contributed by atoms with Crippen LogP contribution in [0.5, 0.6) is 0 Å². The Morgan fingerprint density at radius 1 is 1.47 bits per heavy atom. The van der Waals surface area contributed by atoms with Crippen molar-refractivity contribution in [3.63, 3.8) is 0 Å². The van der Waals surface area contributed by atoms with Gasteiger partial charge in [0.2, 0.25) is 0 Å². The summed E-state index contributed by atoms with van der Waals surface area (Å²) in [5, 5.41) is 11.0. The quantitative estimate of drug-likeness (QED) is 0.700. The molecule has 2 N–H and O–H groups in total. The monoisotopic (exact) mass is 264 g/mol. The van der Waals surface area contributed by atoms with Gasteiger partial charge in [-0.1, -0.05) is 0 Å². The number of rotatable bonds is 3. The number of nitrogens with one attached hydrogen (secondary N) is 1. The molecule has 0 spiro atoms. The van der Waals surface area contributed by atoms with Crippen molar-refractivity contribution in [2.24, 2.45) is 0 Å². The number of carboxylic acid groups (broad SMARTS) is 1. The van der Waals surface area contributed by atoms with Crippen LogP contribution in [0.3, 0.4) is 0 Å². The summed E-state index contributed by atoms with van der Waals surface area (Å²) >= 11 is 0. The second kappa shape index (κ2) is 5.35. The van der Waals surface area contributed by atoms with Crippen LogP contribution in [0, 0.1) is 0 Å². The fourth-order valence-electron chi connectivity index (χ4n) is 1.70. The molecule has 0 aromatic rings. The number of aliphatic carboxylic acids is 1. The molecule has 0 bridgehead atoms. The van der Waals surface area contributed by atoms with Crippen molar-refractivity contribution in [1.82, 2.24) is 10.2 Å². The van der Waals surface area contributed by atoms with Crippen LogP contribution in [0.25, 0.3) is 0 Å². The number of nitrogens with zero attached hydrogens (tertiary/aromatic N) is 1. The van der Waals surface area contributed by atoms with E-state index in [0.29, 0.717) is 12.8 Å². The summed E-state index contributed by atoms with van der Waals surface area (Å²) in [5.74, 6) is -1.02. The summed E-state index contributed by atoms with van der Waals surface area (Å²) < 4.78 is 22.7. The van der Waals surface area contributed by atoms with Gasteiger partial charge >= 0.3 is 12.0 Å². The van der Waals surface area contributed by atoms with Crippen molar-refractivity contribution in [2.45, 2.75) is 18.9 Å². The van der Waals surface area contributed by atoms with E-state index in [2.05, 4.69) is 5.32 Å². The van der Waals surface area contributed by atoms with Gasteiger partial charge in [-0.2, -0.15) is 0 Å². The SMILES string of the molecule is CN(CC(=O)O)C(=O)NC1CCCS(=O)(=O)C1. The molecule has 7 nitrogen and oxygen atoms in total. The maximum Gasteiger partial charge on any atom is 0.323 e. The highest BCUT2D eigenvalue weighted by Gasteiger charge is 2.26. The summed E-state index contributed by atoms with van der Waals surface area (Å²) in [6.07, 6.45) is 1.13. The van der Waals surface area contributed by atoms with E-state index in [1.807, 2.05) is 0 Å². The minimum absolute atomic E-state index is 0.0698. The highest BCUT2D eigenvalue weighted by molar-refractivity contribution is 7.91. The molecule has 8 heteroatoms. The summed E-state index contributed by atoms with van der Waals surface area (Å²) in [4.78, 5) is 22.9. The largest absolute Gasteiger partial charge is 0.480 e. The van der Waals surface area contributed by atoms with Crippen molar-refractivity contribution in [2.75, 3.05) is 25.1 Å². The molecule has 1 atom stereocenters. The molecule has 1 saturated heterocycles. The Bertz CT molecular complexity index is 406. The van der Waals surface area contributed by atoms with Crippen LogP contribution in [0.4, 0.5) is 4.79 Å². The van der Waals surface area contributed by atoms with Crippen LogP contribution in [0.1, 0.15) is 12.8 Å². The van der Waals surface area contributed by atoms with Crippen molar-refractivity contribution in [1.29, 1.82) is 0 Å². The van der Waals surface area contributed by atoms with Crippen molar-refractivity contribution < 1.29 is 23.1 Å². The molecular weight excluding hydrogens is 248 g/mol. The number of likely N-dealkylation sites (N-methyl/N-ethyl adjacent to an activating group) is 1. The lowest BCUT2D eigenvalue weighted by molar-refractivity contribution is -0.137. The minimum atomic E-state index is -3.08. The van der Waals surface area contributed by atoms with Crippen LogP contribution >= 0.6 is 0 Å². The second-order valence-corrected chi connectivity index (χ2v) is 6.38. The van der Waals surface area contributed by atoms with Crippen LogP contribution in [-0.4, -0.2) is 61.6 Å². The number of sulfone groups is 1. The highest BCUT2D eigenvalue weighted by atomic mass is 32.2. The third kappa shape index (κ3) is 4.59. The number of hydrogen-bond donors (Lipinski definition) is 2. The molecule has 1 fully saturated rings. The Labute approximate surface area is 99.7 Å². The Morgan fingerprint density at radius 2 is 2.12 bits per heavy atom. The molecule has 1 unspecified atom stereocenters. The molecule has 1 aliphatic heterocycles. The molecule has 0 aromatic carbocycles. The molecule has 0 aromatic heterocycles. The number of amides is 2. The van der Waals surface area contributed by atoms with Crippen LogP contribution in [0.15, 0.2) is 0 Å². The zero-order valence-corrected chi connectivity index (χ0v) is 10.4. The van der Waals surface area contributed by atoms with Crippen LogP contribution in [0.2, 0.25) is 0 Å². The summed E-state index contributed by atoms with van der Waals surface area (Å²) in [6.45, 7) is -0.411. The molecule has 0 radical (unpaired) electrons. The molecule has 1 rings (SSSR count). The van der Waals surface area contributed by atoms with E-state index in [1.54, 1.807) is 0 Å². The van der Waals surface area contributed by atoms with Gasteiger partial charge in [0.05, 0.1) is 11.5 Å². The van der Waals surface area contributed by atoms with Gasteiger partial charge in [0.15, 0.2) is 9.84 Å². The first-order valence-electron chi connectivity index (χ1n) is 5.24. The number of carboxylic acids is 1. The molecule has 1 heterocycles. The van der Waals surface area contributed by atoms with Crippen LogP contribution in [-0.2, 0) is 14.6 Å². The van der Waals surface area contributed by atoms with Gasteiger partial charge in [0.25, 0.3) is 0 Å². The van der Waals surface area contributed by atoms with Gasteiger partial charge in [-0.25, -0.2) is 13.2 Å². The topological polar surface area (TPSA) is 104 Å². The minimum Gasteiger partial charge on any atom is -0.480 e. The van der Waals surface area contributed by atoms with Crippen LogP contribution < -0.4 is 5.32 Å². The predicted octanol–water partition coefficient (Wildman–Crippen LogP) is -0.710. The van der Waals surface area contributed by atoms with E-state index in [-0.39, 0.29) is 11.5 Å². The average Bonchev–Trinajstić information content (AvgIpc) is 2.14. The van der Waals surface area contributed by atoms with E-state index in [4.69, 9.17) is 5.11 Å². The van der Waals surface area contributed by atoms with E-state index in [0.717, 1.165) is 4.90 Å². The zero-order chi connectivity index (χ0) is 13.1. The molecule has 17 heavy (non-hydrogen) atoms.